The molecule has 2 amide bonds. The molecule has 122 valence electrons. The van der Waals surface area contributed by atoms with Crippen molar-refractivity contribution < 1.29 is 14.7 Å². The van der Waals surface area contributed by atoms with E-state index in [2.05, 4.69) is 0 Å². The smallest absolute Gasteiger partial charge is 0.261 e. The lowest BCUT2D eigenvalue weighted by Gasteiger charge is -2.31. The molecule has 0 bridgehead atoms. The number of benzene rings is 1. The summed E-state index contributed by atoms with van der Waals surface area (Å²) in [6, 6.07) is 6.90. The van der Waals surface area contributed by atoms with Crippen LogP contribution in [0.3, 0.4) is 0 Å². The molecule has 0 radical (unpaired) electrons. The fourth-order valence-corrected chi connectivity index (χ4v) is 2.86. The van der Waals surface area contributed by atoms with Gasteiger partial charge in [-0.2, -0.15) is 0 Å². The van der Waals surface area contributed by atoms with E-state index in [1.54, 1.807) is 24.3 Å². The highest BCUT2D eigenvalue weighted by atomic mass is 16.3. The summed E-state index contributed by atoms with van der Waals surface area (Å²) in [4.78, 5) is 25.8. The van der Waals surface area contributed by atoms with E-state index in [0.717, 1.165) is 0 Å². The Bertz CT molecular complexity index is 470. The lowest BCUT2D eigenvalue weighted by molar-refractivity contribution is 0.0449. The summed E-state index contributed by atoms with van der Waals surface area (Å²) in [6.07, 6.45) is 2.45. The van der Waals surface area contributed by atoms with Crippen LogP contribution < -0.4 is 0 Å². The molecule has 4 heteroatoms. The number of amides is 2. The van der Waals surface area contributed by atoms with Crippen LogP contribution in [0, 0.1) is 0 Å². The molecule has 4 nitrogen and oxygen atoms in total. The maximum absolute atomic E-state index is 12.2. The number of fused-ring (bicyclic) bond motifs is 1. The Balaban J connectivity index is 0.000000561. The van der Waals surface area contributed by atoms with Gasteiger partial charge in [0.1, 0.15) is 0 Å². The van der Waals surface area contributed by atoms with Gasteiger partial charge in [0.2, 0.25) is 0 Å². The molecule has 0 aromatic heterocycles. The predicted molar refractivity (Wildman–Crippen MR) is 87.9 cm³/mol. The molecule has 22 heavy (non-hydrogen) atoms. The Morgan fingerprint density at radius 2 is 1.27 bits per heavy atom. The number of aliphatic hydroxyl groups is 1. The van der Waals surface area contributed by atoms with Gasteiger partial charge in [0.15, 0.2) is 0 Å². The molecule has 1 saturated carbocycles. The van der Waals surface area contributed by atoms with Gasteiger partial charge in [-0.1, -0.05) is 39.8 Å². The molecule has 1 aromatic carbocycles. The van der Waals surface area contributed by atoms with Gasteiger partial charge in [0.25, 0.3) is 11.8 Å². The average molecular weight is 305 g/mol. The third-order valence-corrected chi connectivity index (χ3v) is 3.86. The van der Waals surface area contributed by atoms with E-state index in [9.17, 15) is 14.7 Å². The molecule has 2 aliphatic rings. The molecular formula is C18H27NO3. The molecule has 0 atom stereocenters. The highest BCUT2D eigenvalue weighted by Crippen LogP contribution is 2.30. The highest BCUT2D eigenvalue weighted by molar-refractivity contribution is 6.21. The zero-order valence-electron chi connectivity index (χ0n) is 14.0. The van der Waals surface area contributed by atoms with Gasteiger partial charge in [-0.05, 0) is 37.8 Å². The number of carbonyl (C=O) groups is 2. The SMILES string of the molecule is CC.CC.O=C1c2ccccc2C(=O)N1C1CCC(O)CC1. The van der Waals surface area contributed by atoms with Crippen LogP contribution in [0.4, 0.5) is 0 Å². The first-order valence-electron chi connectivity index (χ1n) is 8.33. The van der Waals surface area contributed by atoms with Crippen molar-refractivity contribution in [1.82, 2.24) is 4.90 Å². The van der Waals surface area contributed by atoms with Crippen LogP contribution in [0.1, 0.15) is 74.1 Å². The molecule has 1 fully saturated rings. The number of nitrogens with zero attached hydrogens (tertiary/aromatic N) is 1. The van der Waals surface area contributed by atoms with Crippen LogP contribution in [0.25, 0.3) is 0 Å². The molecule has 1 aliphatic carbocycles. The number of imide groups is 1. The second-order valence-corrected chi connectivity index (χ2v) is 4.99. The molecule has 3 rings (SSSR count). The lowest BCUT2D eigenvalue weighted by atomic mass is 9.92. The Morgan fingerprint density at radius 3 is 1.68 bits per heavy atom. The first kappa shape index (κ1) is 18.4. The number of aliphatic hydroxyl groups excluding tert-OH is 1. The Labute approximate surface area is 133 Å². The molecule has 1 aromatic rings. The maximum atomic E-state index is 12.2. The van der Waals surface area contributed by atoms with Crippen LogP contribution in [0.15, 0.2) is 24.3 Å². The summed E-state index contributed by atoms with van der Waals surface area (Å²) >= 11 is 0. The zero-order chi connectivity index (χ0) is 16.7. The standard InChI is InChI=1S/C14H15NO3.2C2H6/c16-10-7-5-9(6-8-10)15-13(17)11-3-1-2-4-12(11)14(15)18;2*1-2/h1-4,9-10,16H,5-8H2;2*1-2H3. The van der Waals surface area contributed by atoms with E-state index in [0.29, 0.717) is 36.8 Å². The summed E-state index contributed by atoms with van der Waals surface area (Å²) in [5.74, 6) is -0.367. The van der Waals surface area contributed by atoms with E-state index in [-0.39, 0.29) is 24.0 Å². The van der Waals surface area contributed by atoms with Crippen LogP contribution in [-0.4, -0.2) is 34.0 Å². The van der Waals surface area contributed by atoms with E-state index in [1.807, 2.05) is 27.7 Å². The number of hydrogen-bond donors (Lipinski definition) is 1. The fourth-order valence-electron chi connectivity index (χ4n) is 2.86. The van der Waals surface area contributed by atoms with Crippen molar-refractivity contribution in [1.29, 1.82) is 0 Å². The molecule has 0 spiro atoms. The largest absolute Gasteiger partial charge is 0.393 e. The van der Waals surface area contributed by atoms with Gasteiger partial charge in [0, 0.05) is 6.04 Å². The van der Waals surface area contributed by atoms with E-state index in [1.165, 1.54) is 4.90 Å². The summed E-state index contributed by atoms with van der Waals surface area (Å²) in [6.45, 7) is 8.00. The monoisotopic (exact) mass is 305 g/mol. The van der Waals surface area contributed by atoms with Crippen LogP contribution >= 0.6 is 0 Å². The molecule has 1 aliphatic heterocycles. The Hall–Kier alpha value is -1.68. The highest BCUT2D eigenvalue weighted by Gasteiger charge is 2.40. The van der Waals surface area contributed by atoms with Crippen LogP contribution in [-0.2, 0) is 0 Å². The molecule has 0 saturated heterocycles. The van der Waals surface area contributed by atoms with Gasteiger partial charge < -0.3 is 5.11 Å². The van der Waals surface area contributed by atoms with Crippen molar-refractivity contribution in [2.75, 3.05) is 0 Å². The first-order valence-corrected chi connectivity index (χ1v) is 8.33. The summed E-state index contributed by atoms with van der Waals surface area (Å²) in [7, 11) is 0. The third kappa shape index (κ3) is 3.55. The summed E-state index contributed by atoms with van der Waals surface area (Å²) < 4.78 is 0. The minimum atomic E-state index is -0.281. The van der Waals surface area contributed by atoms with Gasteiger partial charge in [-0.3, -0.25) is 14.5 Å². The molecule has 1 N–H and O–H groups in total. The van der Waals surface area contributed by atoms with Gasteiger partial charge in [-0.25, -0.2) is 0 Å². The van der Waals surface area contributed by atoms with E-state index in [4.69, 9.17) is 0 Å². The lowest BCUT2D eigenvalue weighted by Crippen LogP contribution is -2.42. The van der Waals surface area contributed by atoms with Crippen LogP contribution in [0.2, 0.25) is 0 Å². The van der Waals surface area contributed by atoms with Gasteiger partial charge >= 0.3 is 0 Å². The second kappa shape index (κ2) is 8.69. The number of carbonyl (C=O) groups excluding carboxylic acids is 2. The number of rotatable bonds is 1. The van der Waals surface area contributed by atoms with Crippen LogP contribution in [0.5, 0.6) is 0 Å². The summed E-state index contributed by atoms with van der Waals surface area (Å²) in [5, 5.41) is 9.49. The van der Waals surface area contributed by atoms with Crippen molar-refractivity contribution in [2.45, 2.75) is 65.5 Å². The first-order chi connectivity index (χ1) is 10.7. The molecule has 1 heterocycles. The van der Waals surface area contributed by atoms with Crippen molar-refractivity contribution in [3.05, 3.63) is 35.4 Å². The topological polar surface area (TPSA) is 57.6 Å². The van der Waals surface area contributed by atoms with Gasteiger partial charge in [-0.15, -0.1) is 0 Å². The quantitative estimate of drug-likeness (QED) is 0.806. The average Bonchev–Trinajstić information content (AvgIpc) is 2.84. The Morgan fingerprint density at radius 1 is 0.864 bits per heavy atom. The van der Waals surface area contributed by atoms with E-state index >= 15 is 0 Å². The van der Waals surface area contributed by atoms with Crippen molar-refractivity contribution in [3.63, 3.8) is 0 Å². The second-order valence-electron chi connectivity index (χ2n) is 4.99. The normalized spacial score (nSPS) is 23.0. The zero-order valence-corrected chi connectivity index (χ0v) is 14.0. The minimum Gasteiger partial charge on any atom is -0.393 e. The Kier molecular flexibility index (Phi) is 7.25. The van der Waals surface area contributed by atoms with Crippen molar-refractivity contribution in [3.8, 4) is 0 Å². The molecule has 0 unspecified atom stereocenters. The maximum Gasteiger partial charge on any atom is 0.261 e. The van der Waals surface area contributed by atoms with Crippen molar-refractivity contribution in [2.24, 2.45) is 0 Å². The fraction of sp³-hybridized carbons (Fsp3) is 0.556. The molecular weight excluding hydrogens is 278 g/mol. The minimum absolute atomic E-state index is 0.0548. The third-order valence-electron chi connectivity index (χ3n) is 3.86. The van der Waals surface area contributed by atoms with E-state index < -0.39 is 0 Å². The number of hydrogen-bond acceptors (Lipinski definition) is 3. The predicted octanol–water partition coefficient (Wildman–Crippen LogP) is 3.64. The van der Waals surface area contributed by atoms with Crippen molar-refractivity contribution >= 4 is 11.8 Å². The summed E-state index contributed by atoms with van der Waals surface area (Å²) in [5.41, 5.74) is 1.02. The van der Waals surface area contributed by atoms with Gasteiger partial charge in [0.05, 0.1) is 17.2 Å².